The molecule has 2 rings (SSSR count). The van der Waals surface area contributed by atoms with Crippen LogP contribution in [0.5, 0.6) is 0 Å². The molecule has 18 heavy (non-hydrogen) atoms. The molecule has 5 nitrogen and oxygen atoms in total. The van der Waals surface area contributed by atoms with Gasteiger partial charge in [-0.1, -0.05) is 12.2 Å². The summed E-state index contributed by atoms with van der Waals surface area (Å²) in [6.45, 7) is 0.583. The number of amides is 1. The van der Waals surface area contributed by atoms with E-state index in [0.29, 0.717) is 24.7 Å². The molecule has 6 heteroatoms. The third-order valence-electron chi connectivity index (χ3n) is 2.64. The molecule has 0 spiro atoms. The number of nitrogens with zero attached hydrogens (tertiary/aromatic N) is 1. The summed E-state index contributed by atoms with van der Waals surface area (Å²) in [6, 6.07) is 4.02. The first-order valence-electron chi connectivity index (χ1n) is 5.94. The second-order valence-electron chi connectivity index (χ2n) is 4.31. The van der Waals surface area contributed by atoms with Crippen molar-refractivity contribution in [3.63, 3.8) is 0 Å². The molecule has 96 valence electrons. The fraction of sp³-hybridized carbons (Fsp3) is 0.417. The number of anilines is 1. The van der Waals surface area contributed by atoms with Crippen LogP contribution < -0.4 is 16.4 Å². The lowest BCUT2D eigenvalue weighted by molar-refractivity contribution is -0.120. The van der Waals surface area contributed by atoms with Crippen molar-refractivity contribution in [1.82, 2.24) is 10.3 Å². The third kappa shape index (κ3) is 3.96. The predicted octanol–water partition coefficient (Wildman–Crippen LogP) is 0.796. The van der Waals surface area contributed by atoms with Crippen LogP contribution in [0.4, 0.5) is 5.69 Å². The van der Waals surface area contributed by atoms with E-state index in [1.54, 1.807) is 12.3 Å². The Morgan fingerprint density at radius 2 is 2.33 bits per heavy atom. The van der Waals surface area contributed by atoms with E-state index in [2.05, 4.69) is 15.6 Å². The first kappa shape index (κ1) is 12.8. The summed E-state index contributed by atoms with van der Waals surface area (Å²) in [5.74, 6) is 0.0913. The van der Waals surface area contributed by atoms with Crippen molar-refractivity contribution >= 4 is 28.8 Å². The van der Waals surface area contributed by atoms with Gasteiger partial charge in [-0.25, -0.2) is 0 Å². The highest BCUT2D eigenvalue weighted by Gasteiger charge is 2.22. The molecule has 4 N–H and O–H groups in total. The van der Waals surface area contributed by atoms with Gasteiger partial charge >= 0.3 is 0 Å². The number of nitrogens with two attached hydrogens (primary N) is 1. The largest absolute Gasteiger partial charge is 0.388 e. The Morgan fingerprint density at radius 1 is 1.56 bits per heavy atom. The Bertz CT molecular complexity index is 459. The number of rotatable bonds is 6. The highest BCUT2D eigenvalue weighted by atomic mass is 32.1. The van der Waals surface area contributed by atoms with Crippen molar-refractivity contribution in [1.29, 1.82) is 0 Å². The van der Waals surface area contributed by atoms with Gasteiger partial charge in [0.25, 0.3) is 0 Å². The predicted molar refractivity (Wildman–Crippen MR) is 74.4 cm³/mol. The fourth-order valence-corrected chi connectivity index (χ4v) is 1.63. The zero-order valence-electron chi connectivity index (χ0n) is 9.98. The maximum atomic E-state index is 11.5. The van der Waals surface area contributed by atoms with Gasteiger partial charge in [0.2, 0.25) is 5.91 Å². The molecule has 0 aliphatic heterocycles. The minimum absolute atomic E-state index is 0.0913. The van der Waals surface area contributed by atoms with E-state index in [9.17, 15) is 4.79 Å². The number of carbonyl (C=O) groups excluding carboxylic acids is 1. The van der Waals surface area contributed by atoms with Crippen LogP contribution in [0.3, 0.4) is 0 Å². The Balaban J connectivity index is 1.76. The molecule has 0 saturated heterocycles. The quantitative estimate of drug-likeness (QED) is 0.662. The van der Waals surface area contributed by atoms with Crippen LogP contribution in [0.15, 0.2) is 18.3 Å². The van der Waals surface area contributed by atoms with Gasteiger partial charge in [0.1, 0.15) is 4.99 Å². The van der Waals surface area contributed by atoms with E-state index >= 15 is 0 Å². The second kappa shape index (κ2) is 5.77. The van der Waals surface area contributed by atoms with Gasteiger partial charge in [-0.05, 0) is 25.0 Å². The molecule has 1 saturated carbocycles. The molecule has 0 unspecified atom stereocenters. The zero-order chi connectivity index (χ0) is 13.0. The monoisotopic (exact) mass is 264 g/mol. The summed E-state index contributed by atoms with van der Waals surface area (Å²) in [7, 11) is 0. The van der Waals surface area contributed by atoms with Gasteiger partial charge in [0, 0.05) is 30.9 Å². The van der Waals surface area contributed by atoms with Crippen molar-refractivity contribution in [3.8, 4) is 0 Å². The van der Waals surface area contributed by atoms with Crippen LogP contribution in [-0.4, -0.2) is 28.5 Å². The molecule has 0 aromatic carbocycles. The summed E-state index contributed by atoms with van der Waals surface area (Å²) < 4.78 is 0. The number of nitrogens with one attached hydrogen (secondary N) is 2. The molecule has 1 aliphatic carbocycles. The standard InChI is InChI=1S/C12H16N4OS/c13-12(18)10-7-9(3-5-15-10)14-6-4-11(17)16-8-1-2-8/h3,5,7-8H,1-2,4,6H2,(H2,13,18)(H,14,15)(H,16,17). The molecule has 1 amide bonds. The van der Waals surface area contributed by atoms with Crippen molar-refractivity contribution in [2.45, 2.75) is 25.3 Å². The minimum Gasteiger partial charge on any atom is -0.388 e. The number of pyridine rings is 1. The lowest BCUT2D eigenvalue weighted by atomic mass is 10.3. The lowest BCUT2D eigenvalue weighted by Crippen LogP contribution is -2.27. The molecule has 1 aromatic rings. The Hall–Kier alpha value is -1.69. The van der Waals surface area contributed by atoms with Crippen molar-refractivity contribution in [2.24, 2.45) is 5.73 Å². The number of aromatic nitrogens is 1. The number of hydrogen-bond acceptors (Lipinski definition) is 4. The topological polar surface area (TPSA) is 80.0 Å². The second-order valence-corrected chi connectivity index (χ2v) is 4.75. The molecular formula is C12H16N4OS. The van der Waals surface area contributed by atoms with Crippen LogP contribution >= 0.6 is 12.2 Å². The van der Waals surface area contributed by atoms with E-state index in [0.717, 1.165) is 18.5 Å². The van der Waals surface area contributed by atoms with Crippen molar-refractivity contribution < 1.29 is 4.79 Å². The van der Waals surface area contributed by atoms with Crippen LogP contribution in [0.25, 0.3) is 0 Å². The Labute approximate surface area is 111 Å². The van der Waals surface area contributed by atoms with Crippen LogP contribution in [-0.2, 0) is 4.79 Å². The van der Waals surface area contributed by atoms with Crippen LogP contribution in [0.1, 0.15) is 25.0 Å². The van der Waals surface area contributed by atoms with Crippen molar-refractivity contribution in [3.05, 3.63) is 24.0 Å². The zero-order valence-corrected chi connectivity index (χ0v) is 10.8. The van der Waals surface area contributed by atoms with E-state index in [4.69, 9.17) is 18.0 Å². The van der Waals surface area contributed by atoms with Gasteiger partial charge in [-0.3, -0.25) is 9.78 Å². The van der Waals surface area contributed by atoms with Crippen molar-refractivity contribution in [2.75, 3.05) is 11.9 Å². The van der Waals surface area contributed by atoms with Gasteiger partial charge < -0.3 is 16.4 Å². The first-order valence-corrected chi connectivity index (χ1v) is 6.35. The number of carbonyl (C=O) groups is 1. The fourth-order valence-electron chi connectivity index (χ4n) is 1.52. The summed E-state index contributed by atoms with van der Waals surface area (Å²) >= 11 is 4.85. The van der Waals surface area contributed by atoms with E-state index in [1.165, 1.54) is 0 Å². The lowest BCUT2D eigenvalue weighted by Gasteiger charge is -2.07. The maximum absolute atomic E-state index is 11.5. The SMILES string of the molecule is NC(=S)c1cc(NCCC(=O)NC2CC2)ccn1. The molecular weight excluding hydrogens is 248 g/mol. The summed E-state index contributed by atoms with van der Waals surface area (Å²) in [5.41, 5.74) is 6.95. The van der Waals surface area contributed by atoms with Gasteiger partial charge in [-0.2, -0.15) is 0 Å². The first-order chi connectivity index (χ1) is 8.65. The van der Waals surface area contributed by atoms with Crippen LogP contribution in [0.2, 0.25) is 0 Å². The number of thiocarbonyl (C=S) groups is 1. The Morgan fingerprint density at radius 3 is 3.00 bits per heavy atom. The van der Waals surface area contributed by atoms with Gasteiger partial charge in [0.15, 0.2) is 0 Å². The van der Waals surface area contributed by atoms with E-state index in [-0.39, 0.29) is 10.9 Å². The van der Waals surface area contributed by atoms with E-state index < -0.39 is 0 Å². The summed E-state index contributed by atoms with van der Waals surface area (Å²) in [6.07, 6.45) is 4.32. The van der Waals surface area contributed by atoms with Crippen LogP contribution in [0, 0.1) is 0 Å². The highest BCUT2D eigenvalue weighted by Crippen LogP contribution is 2.18. The average Bonchev–Trinajstić information content (AvgIpc) is 3.13. The molecule has 1 aliphatic rings. The Kier molecular flexibility index (Phi) is 4.09. The normalized spacial score (nSPS) is 14.0. The van der Waals surface area contributed by atoms with E-state index in [1.807, 2.05) is 6.07 Å². The summed E-state index contributed by atoms with van der Waals surface area (Å²) in [4.78, 5) is 15.8. The number of hydrogen-bond donors (Lipinski definition) is 3. The average molecular weight is 264 g/mol. The smallest absolute Gasteiger partial charge is 0.221 e. The summed E-state index contributed by atoms with van der Waals surface area (Å²) in [5, 5.41) is 6.09. The highest BCUT2D eigenvalue weighted by molar-refractivity contribution is 7.80. The molecule has 1 fully saturated rings. The maximum Gasteiger partial charge on any atom is 0.221 e. The molecule has 1 heterocycles. The molecule has 0 bridgehead atoms. The molecule has 0 atom stereocenters. The minimum atomic E-state index is 0.0913. The third-order valence-corrected chi connectivity index (χ3v) is 2.85. The van der Waals surface area contributed by atoms with Gasteiger partial charge in [0.05, 0.1) is 5.69 Å². The van der Waals surface area contributed by atoms with Gasteiger partial charge in [-0.15, -0.1) is 0 Å². The molecule has 0 radical (unpaired) electrons. The molecule has 1 aromatic heterocycles.